The fraction of sp³-hybridized carbons (Fsp3) is 1.00. The van der Waals surface area contributed by atoms with Crippen molar-refractivity contribution < 1.29 is 24.4 Å². The Labute approximate surface area is 56.9 Å². The van der Waals surface area contributed by atoms with E-state index in [0.717, 1.165) is 0 Å². The molecule has 1 aliphatic heterocycles. The summed E-state index contributed by atoms with van der Waals surface area (Å²) in [6.45, 7) is -0.487. The highest BCUT2D eigenvalue weighted by Gasteiger charge is 2.42. The molecule has 0 aromatic carbocycles. The van der Waals surface area contributed by atoms with Gasteiger partial charge in [-0.1, -0.05) is 0 Å². The Bertz CT molecular complexity index is 120. The van der Waals surface area contributed by atoms with E-state index in [4.69, 9.17) is 15.3 Å². The van der Waals surface area contributed by atoms with E-state index in [2.05, 4.69) is 4.74 Å². The lowest BCUT2D eigenvalue weighted by Crippen LogP contribution is -2.32. The van der Waals surface area contributed by atoms with Crippen molar-refractivity contribution in [1.82, 2.24) is 0 Å². The van der Waals surface area contributed by atoms with Gasteiger partial charge in [-0.25, -0.2) is 4.39 Å². The lowest BCUT2D eigenvalue weighted by Gasteiger charge is -2.09. The minimum absolute atomic E-state index is 0.487. The van der Waals surface area contributed by atoms with E-state index in [9.17, 15) is 4.39 Å². The first-order chi connectivity index (χ1) is 4.66. The van der Waals surface area contributed by atoms with Crippen molar-refractivity contribution >= 4 is 0 Å². The van der Waals surface area contributed by atoms with Crippen LogP contribution in [-0.2, 0) is 4.74 Å². The highest BCUT2D eigenvalue weighted by Crippen LogP contribution is 2.21. The molecule has 0 saturated carbocycles. The van der Waals surface area contributed by atoms with Crippen LogP contribution in [0, 0.1) is 0 Å². The third-order valence-electron chi connectivity index (χ3n) is 1.48. The second kappa shape index (κ2) is 2.79. The molecule has 4 nitrogen and oxygen atoms in total. The van der Waals surface area contributed by atoms with E-state index < -0.39 is 31.3 Å². The number of alkyl halides is 1. The number of aliphatic hydroxyl groups is 3. The van der Waals surface area contributed by atoms with Gasteiger partial charge in [-0.05, 0) is 0 Å². The first kappa shape index (κ1) is 7.87. The minimum Gasteiger partial charge on any atom is -0.394 e. The van der Waals surface area contributed by atoms with Crippen molar-refractivity contribution in [2.75, 3.05) is 6.61 Å². The van der Waals surface area contributed by atoms with E-state index in [-0.39, 0.29) is 0 Å². The van der Waals surface area contributed by atoms with Crippen LogP contribution in [0.25, 0.3) is 0 Å². The summed E-state index contributed by atoms with van der Waals surface area (Å²) in [7, 11) is 0. The number of hydrogen-bond acceptors (Lipinski definition) is 4. The van der Waals surface area contributed by atoms with Crippen LogP contribution in [0.4, 0.5) is 4.39 Å². The molecule has 0 spiro atoms. The molecule has 0 radical (unpaired) electrons. The van der Waals surface area contributed by atoms with Crippen molar-refractivity contribution in [3.05, 3.63) is 0 Å². The third-order valence-corrected chi connectivity index (χ3v) is 1.48. The molecule has 1 heterocycles. The normalized spacial score (nSPS) is 48.0. The molecular formula is C5H9FO4. The second-order valence-corrected chi connectivity index (χ2v) is 2.19. The van der Waals surface area contributed by atoms with E-state index in [0.29, 0.717) is 0 Å². The molecule has 4 atom stereocenters. The van der Waals surface area contributed by atoms with E-state index in [1.807, 2.05) is 0 Å². The summed E-state index contributed by atoms with van der Waals surface area (Å²) < 4.78 is 16.6. The maximum atomic E-state index is 12.3. The van der Waals surface area contributed by atoms with Gasteiger partial charge in [-0.2, -0.15) is 0 Å². The molecule has 0 amide bonds. The predicted octanol–water partition coefficient (Wildman–Crippen LogP) is -1.61. The van der Waals surface area contributed by atoms with Crippen molar-refractivity contribution in [2.45, 2.75) is 24.7 Å². The standard InChI is InChI=1S/C5H9FO4/c6-5-4(9)3(8)2(1-7)10-5/h2-5,7-9H,1H2/t2-,3-,4-,5?/m1/s1. The zero-order valence-corrected chi connectivity index (χ0v) is 5.14. The molecule has 5 heteroatoms. The monoisotopic (exact) mass is 152 g/mol. The van der Waals surface area contributed by atoms with Crippen molar-refractivity contribution in [2.24, 2.45) is 0 Å². The average molecular weight is 152 g/mol. The topological polar surface area (TPSA) is 69.9 Å². The van der Waals surface area contributed by atoms with E-state index in [1.54, 1.807) is 0 Å². The fourth-order valence-electron chi connectivity index (χ4n) is 0.854. The third kappa shape index (κ3) is 1.13. The molecule has 1 unspecified atom stereocenters. The number of aliphatic hydroxyl groups excluding tert-OH is 3. The van der Waals surface area contributed by atoms with Crippen LogP contribution in [0.2, 0.25) is 0 Å². The van der Waals surface area contributed by atoms with Crippen LogP contribution >= 0.6 is 0 Å². The Hall–Kier alpha value is -0.230. The van der Waals surface area contributed by atoms with Crippen molar-refractivity contribution in [3.63, 3.8) is 0 Å². The number of ether oxygens (including phenoxy) is 1. The van der Waals surface area contributed by atoms with Crippen LogP contribution in [0.5, 0.6) is 0 Å². The molecular weight excluding hydrogens is 143 g/mol. The highest BCUT2D eigenvalue weighted by molar-refractivity contribution is 4.85. The molecule has 3 N–H and O–H groups in total. The molecule has 0 aromatic rings. The van der Waals surface area contributed by atoms with Crippen molar-refractivity contribution in [1.29, 1.82) is 0 Å². The van der Waals surface area contributed by atoms with Gasteiger partial charge in [-0.15, -0.1) is 0 Å². The summed E-state index contributed by atoms with van der Waals surface area (Å²) >= 11 is 0. The van der Waals surface area contributed by atoms with Gasteiger partial charge in [0, 0.05) is 0 Å². The first-order valence-corrected chi connectivity index (χ1v) is 2.93. The number of halogens is 1. The number of hydrogen-bond donors (Lipinski definition) is 3. The van der Waals surface area contributed by atoms with Crippen LogP contribution in [-0.4, -0.2) is 46.6 Å². The quantitative estimate of drug-likeness (QED) is 0.423. The molecule has 0 aromatic heterocycles. The van der Waals surface area contributed by atoms with Gasteiger partial charge >= 0.3 is 0 Å². The summed E-state index contributed by atoms with van der Waals surface area (Å²) in [6, 6.07) is 0. The van der Waals surface area contributed by atoms with Crippen LogP contribution in [0.3, 0.4) is 0 Å². The maximum absolute atomic E-state index is 12.3. The minimum atomic E-state index is -1.88. The Morgan fingerprint density at radius 3 is 2.10 bits per heavy atom. The van der Waals surface area contributed by atoms with Gasteiger partial charge in [0.1, 0.15) is 18.3 Å². The van der Waals surface area contributed by atoms with Crippen LogP contribution in [0.15, 0.2) is 0 Å². The van der Waals surface area contributed by atoms with E-state index >= 15 is 0 Å². The van der Waals surface area contributed by atoms with Gasteiger partial charge in [-0.3, -0.25) is 0 Å². The summed E-state index contributed by atoms with van der Waals surface area (Å²) in [5.41, 5.74) is 0. The maximum Gasteiger partial charge on any atom is 0.228 e. The van der Waals surface area contributed by atoms with Gasteiger partial charge in [0.2, 0.25) is 6.36 Å². The Morgan fingerprint density at radius 2 is 1.90 bits per heavy atom. The van der Waals surface area contributed by atoms with E-state index in [1.165, 1.54) is 0 Å². The molecule has 10 heavy (non-hydrogen) atoms. The Balaban J connectivity index is 2.53. The molecule has 1 saturated heterocycles. The molecule has 60 valence electrons. The molecule has 0 bridgehead atoms. The summed E-state index contributed by atoms with van der Waals surface area (Å²) in [5.74, 6) is 0. The average Bonchev–Trinajstić information content (AvgIpc) is 2.17. The smallest absolute Gasteiger partial charge is 0.228 e. The molecule has 1 fully saturated rings. The fourth-order valence-corrected chi connectivity index (χ4v) is 0.854. The van der Waals surface area contributed by atoms with Gasteiger partial charge < -0.3 is 20.1 Å². The summed E-state index contributed by atoms with van der Waals surface area (Å²) in [6.07, 6.45) is -5.73. The Morgan fingerprint density at radius 1 is 1.30 bits per heavy atom. The van der Waals surface area contributed by atoms with Crippen LogP contribution in [0.1, 0.15) is 0 Å². The van der Waals surface area contributed by atoms with Crippen molar-refractivity contribution in [3.8, 4) is 0 Å². The van der Waals surface area contributed by atoms with Gasteiger partial charge in [0.05, 0.1) is 6.61 Å². The zero-order valence-electron chi connectivity index (χ0n) is 5.14. The second-order valence-electron chi connectivity index (χ2n) is 2.19. The van der Waals surface area contributed by atoms with Crippen LogP contribution < -0.4 is 0 Å². The lowest BCUT2D eigenvalue weighted by atomic mass is 10.1. The summed E-state index contributed by atoms with van der Waals surface area (Å²) in [4.78, 5) is 0. The first-order valence-electron chi connectivity index (χ1n) is 2.93. The van der Waals surface area contributed by atoms with Gasteiger partial charge in [0.25, 0.3) is 0 Å². The number of rotatable bonds is 1. The predicted molar refractivity (Wildman–Crippen MR) is 28.9 cm³/mol. The molecule has 1 aliphatic rings. The molecule has 0 aliphatic carbocycles. The SMILES string of the molecule is OC[C@H]1OC(F)[C@H](O)[C@@H]1O. The Kier molecular flexibility index (Phi) is 2.20. The van der Waals surface area contributed by atoms with Gasteiger partial charge in [0.15, 0.2) is 0 Å². The highest BCUT2D eigenvalue weighted by atomic mass is 19.1. The summed E-state index contributed by atoms with van der Waals surface area (Å²) in [5, 5.41) is 26.0. The molecule has 1 rings (SSSR count). The zero-order chi connectivity index (χ0) is 7.72. The largest absolute Gasteiger partial charge is 0.394 e. The lowest BCUT2D eigenvalue weighted by molar-refractivity contribution is -0.0822.